The van der Waals surface area contributed by atoms with Gasteiger partial charge in [0.25, 0.3) is 0 Å². The topological polar surface area (TPSA) is 65.8 Å². The van der Waals surface area contributed by atoms with Crippen molar-refractivity contribution in [3.05, 3.63) is 24.2 Å². The van der Waals surface area contributed by atoms with E-state index < -0.39 is 0 Å². The molecule has 1 unspecified atom stereocenters. The lowest BCUT2D eigenvalue weighted by Gasteiger charge is -2.19. The van der Waals surface area contributed by atoms with Gasteiger partial charge >= 0.3 is 6.03 Å². The number of anilines is 1. The van der Waals surface area contributed by atoms with E-state index in [-0.39, 0.29) is 11.9 Å². The Balaban J connectivity index is 1.68. The van der Waals surface area contributed by atoms with Gasteiger partial charge in [0.05, 0.1) is 5.69 Å². The van der Waals surface area contributed by atoms with Gasteiger partial charge in [-0.05, 0) is 38.6 Å². The number of rotatable bonds is 4. The molecule has 1 fully saturated rings. The van der Waals surface area contributed by atoms with Crippen molar-refractivity contribution in [1.82, 2.24) is 24.4 Å². The molecule has 7 heteroatoms. The van der Waals surface area contributed by atoms with Crippen LogP contribution in [0, 0.1) is 5.92 Å². The highest BCUT2D eigenvalue weighted by Gasteiger charge is 2.26. The number of nitrogens with one attached hydrogen (secondary N) is 1. The minimum absolute atomic E-state index is 0.0326. The van der Waals surface area contributed by atoms with E-state index >= 15 is 0 Å². The number of carbonyl (C=O) groups excluding carboxylic acids is 1. The van der Waals surface area contributed by atoms with Gasteiger partial charge in [0.2, 0.25) is 0 Å². The van der Waals surface area contributed by atoms with E-state index in [0.717, 1.165) is 43.2 Å². The van der Waals surface area contributed by atoms with E-state index in [1.807, 2.05) is 27.6 Å². The molecule has 2 amide bonds. The molecule has 0 aliphatic carbocycles. The van der Waals surface area contributed by atoms with Gasteiger partial charge in [0.15, 0.2) is 5.65 Å². The smallest absolute Gasteiger partial charge is 0.321 e. The monoisotopic (exact) mass is 330 g/mol. The molecule has 3 rings (SSSR count). The number of likely N-dealkylation sites (tertiary alicyclic amines) is 1. The predicted octanol–water partition coefficient (Wildman–Crippen LogP) is 2.27. The molecule has 3 heterocycles. The molecule has 1 aliphatic heterocycles. The van der Waals surface area contributed by atoms with Gasteiger partial charge in [-0.1, -0.05) is 13.8 Å². The van der Waals surface area contributed by atoms with Gasteiger partial charge in [0, 0.05) is 31.7 Å². The van der Waals surface area contributed by atoms with Crippen molar-refractivity contribution in [2.75, 3.05) is 39.0 Å². The maximum absolute atomic E-state index is 12.5. The minimum Gasteiger partial charge on any atom is -0.324 e. The van der Waals surface area contributed by atoms with Crippen molar-refractivity contribution in [2.24, 2.45) is 5.92 Å². The summed E-state index contributed by atoms with van der Waals surface area (Å²) in [5.41, 5.74) is 1.56. The van der Waals surface area contributed by atoms with Crippen LogP contribution in [0.1, 0.15) is 32.0 Å². The summed E-state index contributed by atoms with van der Waals surface area (Å²) in [7, 11) is 4.15. The summed E-state index contributed by atoms with van der Waals surface area (Å²) in [5.74, 6) is 1.73. The molecule has 1 N–H and O–H groups in total. The highest BCUT2D eigenvalue weighted by molar-refractivity contribution is 5.89. The lowest BCUT2D eigenvalue weighted by Crippen LogP contribution is -2.34. The van der Waals surface area contributed by atoms with Crippen LogP contribution in [-0.2, 0) is 0 Å². The Morgan fingerprint density at radius 3 is 2.88 bits per heavy atom. The molecular weight excluding hydrogens is 304 g/mol. The minimum atomic E-state index is -0.0326. The Morgan fingerprint density at radius 1 is 1.38 bits per heavy atom. The van der Waals surface area contributed by atoms with Crippen LogP contribution in [0.3, 0.4) is 0 Å². The van der Waals surface area contributed by atoms with Gasteiger partial charge in [-0.25, -0.2) is 4.79 Å². The number of fused-ring (bicyclic) bond motifs is 1. The molecule has 2 aromatic heterocycles. The number of hydrogen-bond acceptors (Lipinski definition) is 4. The standard InChI is InChI=1S/C17H26N6O/c1-12(2)16-20-19-15-6-5-14(11-23(15)16)18-17(24)22-8-7-13(10-22)9-21(3)4/h5-6,11-13H,7-10H2,1-4H3,(H,18,24). The molecule has 1 atom stereocenters. The number of nitrogens with zero attached hydrogens (tertiary/aromatic N) is 5. The van der Waals surface area contributed by atoms with Gasteiger partial charge in [0.1, 0.15) is 5.82 Å². The van der Waals surface area contributed by atoms with Gasteiger partial charge in [-0.2, -0.15) is 0 Å². The highest BCUT2D eigenvalue weighted by Crippen LogP contribution is 2.20. The van der Waals surface area contributed by atoms with Gasteiger partial charge in [-0.3, -0.25) is 4.40 Å². The second-order valence-corrected chi connectivity index (χ2v) is 7.15. The van der Waals surface area contributed by atoms with Gasteiger partial charge < -0.3 is 15.1 Å². The predicted molar refractivity (Wildman–Crippen MR) is 94.3 cm³/mol. The molecule has 7 nitrogen and oxygen atoms in total. The van der Waals surface area contributed by atoms with Crippen LogP contribution in [0.15, 0.2) is 18.3 Å². The summed E-state index contributed by atoms with van der Waals surface area (Å²) in [6, 6.07) is 3.72. The van der Waals surface area contributed by atoms with Crippen molar-refractivity contribution < 1.29 is 4.79 Å². The van der Waals surface area contributed by atoms with Crippen molar-refractivity contribution in [2.45, 2.75) is 26.2 Å². The average Bonchev–Trinajstić information content (AvgIpc) is 3.12. The van der Waals surface area contributed by atoms with Crippen LogP contribution in [0.5, 0.6) is 0 Å². The van der Waals surface area contributed by atoms with E-state index in [1.54, 1.807) is 0 Å². The van der Waals surface area contributed by atoms with Crippen molar-refractivity contribution in [3.63, 3.8) is 0 Å². The average molecular weight is 330 g/mol. The van der Waals surface area contributed by atoms with Crippen LogP contribution in [-0.4, -0.2) is 64.2 Å². The Kier molecular flexibility index (Phi) is 4.71. The molecule has 0 bridgehead atoms. The van der Waals surface area contributed by atoms with E-state index in [2.05, 4.69) is 48.4 Å². The fraction of sp³-hybridized carbons (Fsp3) is 0.588. The fourth-order valence-electron chi connectivity index (χ4n) is 3.26. The van der Waals surface area contributed by atoms with Crippen molar-refractivity contribution in [3.8, 4) is 0 Å². The quantitative estimate of drug-likeness (QED) is 0.934. The number of carbonyl (C=O) groups is 1. The summed E-state index contributed by atoms with van der Waals surface area (Å²) in [5, 5.41) is 11.4. The summed E-state index contributed by atoms with van der Waals surface area (Å²) in [6.45, 7) is 6.81. The summed E-state index contributed by atoms with van der Waals surface area (Å²) in [4.78, 5) is 16.6. The first-order valence-corrected chi connectivity index (χ1v) is 8.49. The first-order valence-electron chi connectivity index (χ1n) is 8.49. The lowest BCUT2D eigenvalue weighted by atomic mass is 10.1. The first-order chi connectivity index (χ1) is 11.4. The molecule has 1 saturated heterocycles. The Bertz CT molecular complexity index is 723. The molecule has 130 valence electrons. The zero-order valence-electron chi connectivity index (χ0n) is 14.9. The molecule has 24 heavy (non-hydrogen) atoms. The van der Waals surface area contributed by atoms with Crippen LogP contribution in [0.25, 0.3) is 5.65 Å². The maximum Gasteiger partial charge on any atom is 0.321 e. The van der Waals surface area contributed by atoms with Crippen LogP contribution in [0.4, 0.5) is 10.5 Å². The Labute approximate surface area is 142 Å². The molecular formula is C17H26N6O. The lowest BCUT2D eigenvalue weighted by molar-refractivity contribution is 0.219. The van der Waals surface area contributed by atoms with E-state index in [0.29, 0.717) is 5.92 Å². The molecule has 2 aromatic rings. The van der Waals surface area contributed by atoms with Crippen LogP contribution < -0.4 is 5.32 Å². The molecule has 0 saturated carbocycles. The van der Waals surface area contributed by atoms with E-state index in [9.17, 15) is 4.79 Å². The number of aromatic nitrogens is 3. The second-order valence-electron chi connectivity index (χ2n) is 7.15. The summed E-state index contributed by atoms with van der Waals surface area (Å²) in [6.07, 6.45) is 2.96. The van der Waals surface area contributed by atoms with Crippen molar-refractivity contribution in [1.29, 1.82) is 0 Å². The van der Waals surface area contributed by atoms with Crippen molar-refractivity contribution >= 4 is 17.4 Å². The summed E-state index contributed by atoms with van der Waals surface area (Å²) < 4.78 is 1.94. The Morgan fingerprint density at radius 2 is 2.17 bits per heavy atom. The third-order valence-corrected chi connectivity index (χ3v) is 4.39. The number of pyridine rings is 1. The SMILES string of the molecule is CC(C)c1nnc2ccc(NC(=O)N3CCC(CN(C)C)C3)cn12. The Hall–Kier alpha value is -2.15. The highest BCUT2D eigenvalue weighted by atomic mass is 16.2. The number of amides is 2. The maximum atomic E-state index is 12.5. The number of urea groups is 1. The molecule has 0 radical (unpaired) electrons. The third-order valence-electron chi connectivity index (χ3n) is 4.39. The number of hydrogen-bond donors (Lipinski definition) is 1. The summed E-state index contributed by atoms with van der Waals surface area (Å²) >= 11 is 0. The first kappa shape index (κ1) is 16.7. The normalized spacial score (nSPS) is 18.1. The largest absolute Gasteiger partial charge is 0.324 e. The fourth-order valence-corrected chi connectivity index (χ4v) is 3.26. The zero-order valence-corrected chi connectivity index (χ0v) is 14.9. The van der Waals surface area contributed by atoms with Crippen LogP contribution in [0.2, 0.25) is 0 Å². The van der Waals surface area contributed by atoms with E-state index in [1.165, 1.54) is 0 Å². The van der Waals surface area contributed by atoms with Crippen LogP contribution >= 0.6 is 0 Å². The molecule has 0 spiro atoms. The van der Waals surface area contributed by atoms with Gasteiger partial charge in [-0.15, -0.1) is 10.2 Å². The molecule has 1 aliphatic rings. The molecule has 0 aromatic carbocycles. The second kappa shape index (κ2) is 6.76. The zero-order chi connectivity index (χ0) is 17.3. The third kappa shape index (κ3) is 3.51. The van der Waals surface area contributed by atoms with E-state index in [4.69, 9.17) is 0 Å².